The van der Waals surface area contributed by atoms with Crippen molar-refractivity contribution in [3.8, 4) is 0 Å². The Balaban J connectivity index is 2.13. The van der Waals surface area contributed by atoms with Crippen LogP contribution in [-0.2, 0) is 13.1 Å². The summed E-state index contributed by atoms with van der Waals surface area (Å²) in [6, 6.07) is 0. The van der Waals surface area contributed by atoms with E-state index >= 15 is 0 Å². The Hall–Kier alpha value is -1.20. The molecule has 2 aromatic rings. The zero-order chi connectivity index (χ0) is 10.7. The van der Waals surface area contributed by atoms with E-state index in [0.29, 0.717) is 0 Å². The third-order valence-electron chi connectivity index (χ3n) is 2.13. The van der Waals surface area contributed by atoms with Crippen LogP contribution in [0.2, 0.25) is 0 Å². The van der Waals surface area contributed by atoms with Gasteiger partial charge in [0.15, 0.2) is 0 Å². The number of nitrogens with zero attached hydrogens (tertiary/aromatic N) is 3. The lowest BCUT2D eigenvalue weighted by Gasteiger charge is -2.04. The predicted octanol–water partition coefficient (Wildman–Crippen LogP) is 1.42. The van der Waals surface area contributed by atoms with Crippen molar-refractivity contribution < 1.29 is 0 Å². The smallest absolute Gasteiger partial charge is 0.122 e. The van der Waals surface area contributed by atoms with E-state index in [4.69, 9.17) is 0 Å². The van der Waals surface area contributed by atoms with Gasteiger partial charge in [-0.15, -0.1) is 11.3 Å². The Labute approximate surface area is 93.0 Å². The van der Waals surface area contributed by atoms with Gasteiger partial charge in [-0.05, 0) is 14.0 Å². The number of aromatic nitrogens is 3. The van der Waals surface area contributed by atoms with Gasteiger partial charge in [0.2, 0.25) is 0 Å². The van der Waals surface area contributed by atoms with Crippen LogP contribution in [-0.4, -0.2) is 21.6 Å². The number of rotatable bonds is 4. The molecule has 0 spiro atoms. The van der Waals surface area contributed by atoms with Crippen molar-refractivity contribution in [1.82, 2.24) is 19.9 Å². The number of hydrogen-bond acceptors (Lipinski definition) is 4. The van der Waals surface area contributed by atoms with E-state index in [-0.39, 0.29) is 0 Å². The summed E-state index contributed by atoms with van der Waals surface area (Å²) in [5, 5.41) is 4.22. The summed E-state index contributed by atoms with van der Waals surface area (Å²) < 4.78 is 2.14. The molecule has 1 N–H and O–H groups in total. The van der Waals surface area contributed by atoms with Crippen molar-refractivity contribution in [3.63, 3.8) is 0 Å². The first-order valence-corrected chi connectivity index (χ1v) is 5.67. The predicted molar refractivity (Wildman–Crippen MR) is 60.9 cm³/mol. The van der Waals surface area contributed by atoms with Gasteiger partial charge in [0.25, 0.3) is 0 Å². The third kappa shape index (κ3) is 2.43. The fraction of sp³-hybridized carbons (Fsp3) is 0.400. The largest absolute Gasteiger partial charge is 0.329 e. The van der Waals surface area contributed by atoms with Crippen molar-refractivity contribution in [2.24, 2.45) is 0 Å². The standard InChI is InChI=1S/C10H14N4S/c1-8-13-5-9(15-8)7-14-4-3-12-10(14)6-11-2/h3-5,11H,6-7H2,1-2H3. The average molecular weight is 222 g/mol. The van der Waals surface area contributed by atoms with Crippen molar-refractivity contribution in [1.29, 1.82) is 0 Å². The fourth-order valence-electron chi connectivity index (χ4n) is 1.46. The van der Waals surface area contributed by atoms with E-state index < -0.39 is 0 Å². The summed E-state index contributed by atoms with van der Waals surface area (Å²) in [6.07, 6.45) is 5.77. The molecule has 0 fully saturated rings. The summed E-state index contributed by atoms with van der Waals surface area (Å²) >= 11 is 1.73. The maximum atomic E-state index is 4.29. The molecule has 0 saturated heterocycles. The number of hydrogen-bond donors (Lipinski definition) is 1. The van der Waals surface area contributed by atoms with E-state index in [2.05, 4.69) is 19.9 Å². The molecule has 0 unspecified atom stereocenters. The van der Waals surface area contributed by atoms with Crippen LogP contribution in [0, 0.1) is 6.92 Å². The quantitative estimate of drug-likeness (QED) is 0.850. The molecule has 2 aromatic heterocycles. The molecule has 0 aromatic carbocycles. The van der Waals surface area contributed by atoms with Gasteiger partial charge in [-0.2, -0.15) is 0 Å². The molecule has 2 rings (SSSR count). The molecule has 0 aliphatic rings. The summed E-state index contributed by atoms with van der Waals surface area (Å²) in [5.74, 6) is 1.06. The number of aryl methyl sites for hydroxylation is 1. The van der Waals surface area contributed by atoms with Gasteiger partial charge in [-0.25, -0.2) is 9.97 Å². The van der Waals surface area contributed by atoms with Crippen molar-refractivity contribution >= 4 is 11.3 Å². The molecule has 0 aliphatic heterocycles. The molecular formula is C10H14N4S. The monoisotopic (exact) mass is 222 g/mol. The molecule has 0 saturated carbocycles. The maximum Gasteiger partial charge on any atom is 0.122 e. The minimum atomic E-state index is 0.796. The van der Waals surface area contributed by atoms with Crippen molar-refractivity contribution in [3.05, 3.63) is 34.3 Å². The van der Waals surface area contributed by atoms with Crippen LogP contribution in [0.25, 0.3) is 0 Å². The van der Waals surface area contributed by atoms with E-state index in [0.717, 1.165) is 23.9 Å². The fourth-order valence-corrected chi connectivity index (χ4v) is 2.25. The first kappa shape index (κ1) is 10.3. The topological polar surface area (TPSA) is 42.7 Å². The first-order valence-electron chi connectivity index (χ1n) is 4.85. The Kier molecular flexibility index (Phi) is 3.13. The third-order valence-corrected chi connectivity index (χ3v) is 3.03. The highest BCUT2D eigenvalue weighted by Crippen LogP contribution is 2.13. The molecular weight excluding hydrogens is 208 g/mol. The molecule has 0 radical (unpaired) electrons. The molecule has 80 valence electrons. The van der Waals surface area contributed by atoms with Crippen LogP contribution in [0.15, 0.2) is 18.6 Å². The van der Waals surface area contributed by atoms with Gasteiger partial charge in [0.05, 0.1) is 18.1 Å². The zero-order valence-corrected chi connectivity index (χ0v) is 9.71. The molecule has 5 heteroatoms. The Morgan fingerprint density at radius 3 is 3.00 bits per heavy atom. The van der Waals surface area contributed by atoms with Crippen LogP contribution < -0.4 is 5.32 Å². The summed E-state index contributed by atoms with van der Waals surface area (Å²) in [5.41, 5.74) is 0. The highest BCUT2D eigenvalue weighted by Gasteiger charge is 2.04. The Bertz CT molecular complexity index is 432. The summed E-state index contributed by atoms with van der Waals surface area (Å²) in [4.78, 5) is 9.80. The zero-order valence-electron chi connectivity index (χ0n) is 8.90. The number of thiazole rings is 1. The number of nitrogens with one attached hydrogen (secondary N) is 1. The number of imidazole rings is 1. The normalized spacial score (nSPS) is 10.8. The summed E-state index contributed by atoms with van der Waals surface area (Å²) in [6.45, 7) is 3.68. The highest BCUT2D eigenvalue weighted by atomic mass is 32.1. The highest BCUT2D eigenvalue weighted by molar-refractivity contribution is 7.11. The second kappa shape index (κ2) is 4.55. The SMILES string of the molecule is CNCc1nccn1Cc1cnc(C)s1. The van der Waals surface area contributed by atoms with Gasteiger partial charge in [0.1, 0.15) is 5.82 Å². The van der Waals surface area contributed by atoms with Crippen LogP contribution in [0.4, 0.5) is 0 Å². The average Bonchev–Trinajstić information content (AvgIpc) is 2.78. The lowest BCUT2D eigenvalue weighted by atomic mass is 10.5. The molecule has 2 heterocycles. The van der Waals surface area contributed by atoms with Crippen molar-refractivity contribution in [2.75, 3.05) is 7.05 Å². The molecule has 0 amide bonds. The lowest BCUT2D eigenvalue weighted by Crippen LogP contribution is -2.12. The minimum Gasteiger partial charge on any atom is -0.329 e. The second-order valence-electron chi connectivity index (χ2n) is 3.35. The van der Waals surface area contributed by atoms with Crippen LogP contribution in [0.3, 0.4) is 0 Å². The molecule has 0 atom stereocenters. The van der Waals surface area contributed by atoms with Gasteiger partial charge in [-0.1, -0.05) is 0 Å². The van der Waals surface area contributed by atoms with Crippen LogP contribution in [0.5, 0.6) is 0 Å². The van der Waals surface area contributed by atoms with Gasteiger partial charge < -0.3 is 9.88 Å². The molecule has 15 heavy (non-hydrogen) atoms. The van der Waals surface area contributed by atoms with E-state index in [1.807, 2.05) is 32.6 Å². The second-order valence-corrected chi connectivity index (χ2v) is 4.67. The minimum absolute atomic E-state index is 0.796. The van der Waals surface area contributed by atoms with Gasteiger partial charge in [-0.3, -0.25) is 0 Å². The van der Waals surface area contributed by atoms with Crippen LogP contribution in [0.1, 0.15) is 15.7 Å². The molecule has 0 bridgehead atoms. The van der Waals surface area contributed by atoms with E-state index in [1.54, 1.807) is 11.3 Å². The maximum absolute atomic E-state index is 4.29. The van der Waals surface area contributed by atoms with Crippen molar-refractivity contribution in [2.45, 2.75) is 20.0 Å². The lowest BCUT2D eigenvalue weighted by molar-refractivity contribution is 0.677. The Morgan fingerprint density at radius 1 is 1.47 bits per heavy atom. The van der Waals surface area contributed by atoms with Crippen LogP contribution >= 0.6 is 11.3 Å². The van der Waals surface area contributed by atoms with Gasteiger partial charge in [0, 0.05) is 23.5 Å². The van der Waals surface area contributed by atoms with Gasteiger partial charge >= 0.3 is 0 Å². The Morgan fingerprint density at radius 2 is 2.33 bits per heavy atom. The first-order chi connectivity index (χ1) is 7.29. The van der Waals surface area contributed by atoms with E-state index in [1.165, 1.54) is 4.88 Å². The molecule has 4 nitrogen and oxygen atoms in total. The van der Waals surface area contributed by atoms with E-state index in [9.17, 15) is 0 Å². The molecule has 0 aliphatic carbocycles. The summed E-state index contributed by atoms with van der Waals surface area (Å²) in [7, 11) is 1.93.